The van der Waals surface area contributed by atoms with Gasteiger partial charge in [0, 0.05) is 41.9 Å². The molecule has 1 aliphatic heterocycles. The normalized spacial score (nSPS) is 20.9. The molecule has 4 nitrogen and oxygen atoms in total. The summed E-state index contributed by atoms with van der Waals surface area (Å²) in [6, 6.07) is 0. The SMILES string of the molecule is CCC(CN)C(=O)N1CCS(=O)CC1. The summed E-state index contributed by atoms with van der Waals surface area (Å²) in [4.78, 5) is 13.6. The molecule has 0 radical (unpaired) electrons. The average molecular weight is 218 g/mol. The van der Waals surface area contributed by atoms with Gasteiger partial charge in [0.25, 0.3) is 0 Å². The van der Waals surface area contributed by atoms with Gasteiger partial charge in [-0.25, -0.2) is 0 Å². The zero-order chi connectivity index (χ0) is 10.6. The summed E-state index contributed by atoms with van der Waals surface area (Å²) >= 11 is 0. The monoisotopic (exact) mass is 218 g/mol. The van der Waals surface area contributed by atoms with Crippen LogP contribution < -0.4 is 5.73 Å². The van der Waals surface area contributed by atoms with Crippen molar-refractivity contribution in [3.63, 3.8) is 0 Å². The van der Waals surface area contributed by atoms with Crippen molar-refractivity contribution in [3.8, 4) is 0 Å². The van der Waals surface area contributed by atoms with Crippen molar-refractivity contribution in [2.24, 2.45) is 11.7 Å². The number of carbonyl (C=O) groups is 1. The second-order valence-corrected chi connectivity index (χ2v) is 5.21. The van der Waals surface area contributed by atoms with Crippen LogP contribution in [-0.4, -0.2) is 46.2 Å². The summed E-state index contributed by atoms with van der Waals surface area (Å²) in [7, 11) is -0.720. The first kappa shape index (κ1) is 11.7. The highest BCUT2D eigenvalue weighted by Crippen LogP contribution is 2.09. The van der Waals surface area contributed by atoms with Gasteiger partial charge in [0.1, 0.15) is 0 Å². The van der Waals surface area contributed by atoms with Crippen molar-refractivity contribution in [1.29, 1.82) is 0 Å². The molecule has 0 bridgehead atoms. The molecule has 0 aromatic rings. The van der Waals surface area contributed by atoms with E-state index in [1.807, 2.05) is 6.92 Å². The smallest absolute Gasteiger partial charge is 0.227 e. The third kappa shape index (κ3) is 2.78. The molecule has 0 saturated carbocycles. The first-order valence-corrected chi connectivity index (χ1v) is 6.51. The van der Waals surface area contributed by atoms with Crippen molar-refractivity contribution >= 4 is 16.7 Å². The minimum atomic E-state index is -0.720. The molecule has 0 aromatic heterocycles. The van der Waals surface area contributed by atoms with E-state index in [2.05, 4.69) is 0 Å². The van der Waals surface area contributed by atoms with Crippen molar-refractivity contribution in [2.45, 2.75) is 13.3 Å². The van der Waals surface area contributed by atoms with Gasteiger partial charge in [-0.15, -0.1) is 0 Å². The highest BCUT2D eigenvalue weighted by molar-refractivity contribution is 7.85. The molecule has 2 N–H and O–H groups in total. The predicted molar refractivity (Wildman–Crippen MR) is 57.3 cm³/mol. The summed E-state index contributed by atoms with van der Waals surface area (Å²) in [6.07, 6.45) is 0.787. The zero-order valence-electron chi connectivity index (χ0n) is 8.57. The Hall–Kier alpha value is -0.420. The molecule has 1 rings (SSSR count). The number of amides is 1. The molecule has 14 heavy (non-hydrogen) atoms. The summed E-state index contributed by atoms with van der Waals surface area (Å²) in [5.41, 5.74) is 5.51. The molecular formula is C9H18N2O2S. The van der Waals surface area contributed by atoms with E-state index in [-0.39, 0.29) is 11.8 Å². The Morgan fingerprint density at radius 2 is 2.07 bits per heavy atom. The highest BCUT2D eigenvalue weighted by atomic mass is 32.2. The van der Waals surface area contributed by atoms with Crippen molar-refractivity contribution < 1.29 is 9.00 Å². The molecule has 1 atom stereocenters. The number of nitrogens with zero attached hydrogens (tertiary/aromatic N) is 1. The average Bonchev–Trinajstić information content (AvgIpc) is 2.20. The van der Waals surface area contributed by atoms with Gasteiger partial charge < -0.3 is 10.6 Å². The number of hydrogen-bond acceptors (Lipinski definition) is 3. The van der Waals surface area contributed by atoms with Crippen LogP contribution in [0.15, 0.2) is 0 Å². The molecule has 1 amide bonds. The Morgan fingerprint density at radius 1 is 1.50 bits per heavy atom. The molecule has 1 aliphatic rings. The highest BCUT2D eigenvalue weighted by Gasteiger charge is 2.24. The maximum Gasteiger partial charge on any atom is 0.227 e. The topological polar surface area (TPSA) is 63.4 Å². The van der Waals surface area contributed by atoms with Crippen molar-refractivity contribution in [1.82, 2.24) is 4.90 Å². The van der Waals surface area contributed by atoms with Gasteiger partial charge in [0.15, 0.2) is 0 Å². The standard InChI is InChI=1S/C9H18N2O2S/c1-2-8(7-10)9(12)11-3-5-14(13)6-4-11/h8H,2-7,10H2,1H3. The lowest BCUT2D eigenvalue weighted by Gasteiger charge is -2.29. The van der Waals surface area contributed by atoms with Gasteiger partial charge in [0.2, 0.25) is 5.91 Å². The number of rotatable bonds is 3. The fraction of sp³-hybridized carbons (Fsp3) is 0.889. The maximum absolute atomic E-state index is 11.8. The zero-order valence-corrected chi connectivity index (χ0v) is 9.39. The first-order valence-electron chi connectivity index (χ1n) is 5.02. The van der Waals surface area contributed by atoms with Crippen LogP contribution in [-0.2, 0) is 15.6 Å². The number of nitrogens with two attached hydrogens (primary N) is 1. The molecule has 0 aliphatic carbocycles. The van der Waals surface area contributed by atoms with E-state index in [0.717, 1.165) is 6.42 Å². The Morgan fingerprint density at radius 3 is 2.50 bits per heavy atom. The van der Waals surface area contributed by atoms with Crippen LogP contribution in [0.3, 0.4) is 0 Å². The van der Waals surface area contributed by atoms with Gasteiger partial charge in [0.05, 0.1) is 5.92 Å². The number of carbonyl (C=O) groups excluding carboxylic acids is 1. The maximum atomic E-state index is 11.8. The molecule has 82 valence electrons. The Kier molecular flexibility index (Phi) is 4.54. The van der Waals surface area contributed by atoms with Crippen LogP contribution in [0.1, 0.15) is 13.3 Å². The summed E-state index contributed by atoms with van der Waals surface area (Å²) in [5.74, 6) is 1.31. The minimum Gasteiger partial charge on any atom is -0.341 e. The van der Waals surface area contributed by atoms with Gasteiger partial charge in [-0.3, -0.25) is 9.00 Å². The molecule has 0 spiro atoms. The van der Waals surface area contributed by atoms with Gasteiger partial charge in [-0.05, 0) is 6.42 Å². The van der Waals surface area contributed by atoms with Crippen molar-refractivity contribution in [3.05, 3.63) is 0 Å². The largest absolute Gasteiger partial charge is 0.341 e. The minimum absolute atomic E-state index is 0.0541. The van der Waals surface area contributed by atoms with E-state index >= 15 is 0 Å². The van der Waals surface area contributed by atoms with Crippen LogP contribution in [0.2, 0.25) is 0 Å². The van der Waals surface area contributed by atoms with Crippen molar-refractivity contribution in [2.75, 3.05) is 31.1 Å². The van der Waals surface area contributed by atoms with Crippen LogP contribution in [0.5, 0.6) is 0 Å². The Balaban J connectivity index is 2.48. The molecular weight excluding hydrogens is 200 g/mol. The Labute approximate surface area is 87.3 Å². The van der Waals surface area contributed by atoms with Crippen LogP contribution >= 0.6 is 0 Å². The lowest BCUT2D eigenvalue weighted by atomic mass is 10.1. The molecule has 0 aromatic carbocycles. The fourth-order valence-corrected chi connectivity index (χ4v) is 2.61. The lowest BCUT2D eigenvalue weighted by molar-refractivity contribution is -0.134. The number of hydrogen-bond donors (Lipinski definition) is 1. The lowest BCUT2D eigenvalue weighted by Crippen LogP contribution is -2.45. The molecule has 1 heterocycles. The summed E-state index contributed by atoms with van der Waals surface area (Å²) in [6.45, 7) is 3.64. The van der Waals surface area contributed by atoms with E-state index in [9.17, 15) is 9.00 Å². The van der Waals surface area contributed by atoms with Gasteiger partial charge >= 0.3 is 0 Å². The summed E-state index contributed by atoms with van der Waals surface area (Å²) < 4.78 is 11.1. The third-order valence-electron chi connectivity index (χ3n) is 2.62. The Bertz CT molecular complexity index is 219. The molecule has 1 fully saturated rings. The van der Waals surface area contributed by atoms with Crippen LogP contribution in [0, 0.1) is 5.92 Å². The van der Waals surface area contributed by atoms with E-state index in [1.165, 1.54) is 0 Å². The van der Waals surface area contributed by atoms with Crippen LogP contribution in [0.25, 0.3) is 0 Å². The van der Waals surface area contributed by atoms with Gasteiger partial charge in [-0.1, -0.05) is 6.92 Å². The molecule has 1 saturated heterocycles. The predicted octanol–water partition coefficient (Wildman–Crippen LogP) is -0.438. The summed E-state index contributed by atoms with van der Waals surface area (Å²) in [5, 5.41) is 0. The fourth-order valence-electron chi connectivity index (χ4n) is 1.56. The second-order valence-electron chi connectivity index (χ2n) is 3.51. The molecule has 5 heteroatoms. The first-order chi connectivity index (χ1) is 6.69. The van der Waals surface area contributed by atoms with Crippen LogP contribution in [0.4, 0.5) is 0 Å². The van der Waals surface area contributed by atoms with E-state index in [1.54, 1.807) is 4.90 Å². The van der Waals surface area contributed by atoms with Gasteiger partial charge in [-0.2, -0.15) is 0 Å². The van der Waals surface area contributed by atoms with E-state index < -0.39 is 10.8 Å². The second kappa shape index (κ2) is 5.46. The molecule has 1 unspecified atom stereocenters. The van der Waals surface area contributed by atoms with E-state index in [0.29, 0.717) is 31.1 Å². The quantitative estimate of drug-likeness (QED) is 0.698. The van der Waals surface area contributed by atoms with E-state index in [4.69, 9.17) is 5.73 Å². The third-order valence-corrected chi connectivity index (χ3v) is 3.89.